The summed E-state index contributed by atoms with van der Waals surface area (Å²) in [6.07, 6.45) is 1.37. The molecule has 1 fully saturated rings. The van der Waals surface area contributed by atoms with E-state index in [1.54, 1.807) is 0 Å². The standard InChI is InChI=1S/C14H13NO7S.C5H12NO4P/c1-23(21,22)8-5-6-9(10(7-8)15(19)20)14(18)13-11(16)3-2-4-12(13)17;1-11(9,10)3-2-4(6)5(7)8/h5-7,13H,2-4H2,1H3;4H,2-3,6H2,1H3,(H,7,8)(H,9,10). The van der Waals surface area contributed by atoms with Crippen LogP contribution in [0.2, 0.25) is 0 Å². The van der Waals surface area contributed by atoms with E-state index in [1.807, 2.05) is 0 Å². The fourth-order valence-corrected chi connectivity index (χ4v) is 4.35. The van der Waals surface area contributed by atoms with Gasteiger partial charge < -0.3 is 15.7 Å². The summed E-state index contributed by atoms with van der Waals surface area (Å²) < 4.78 is 33.6. The number of nitro benzene ring substituents is 1. The summed E-state index contributed by atoms with van der Waals surface area (Å²) in [5.74, 6) is -4.75. The summed E-state index contributed by atoms with van der Waals surface area (Å²) >= 11 is 0. The fourth-order valence-electron chi connectivity index (χ4n) is 2.96. The molecule has 0 aliphatic heterocycles. The van der Waals surface area contributed by atoms with E-state index in [9.17, 15) is 42.3 Å². The zero-order valence-corrected chi connectivity index (χ0v) is 20.1. The maximum atomic E-state index is 12.4. The Morgan fingerprint density at radius 3 is 2.21 bits per heavy atom. The van der Waals surface area contributed by atoms with Gasteiger partial charge in [0.1, 0.15) is 12.0 Å². The van der Waals surface area contributed by atoms with Gasteiger partial charge in [0.25, 0.3) is 5.69 Å². The third-order valence-corrected chi connectivity index (χ3v) is 6.98. The lowest BCUT2D eigenvalue weighted by atomic mass is 9.81. The number of hydrogen-bond donors (Lipinski definition) is 3. The van der Waals surface area contributed by atoms with Crippen molar-refractivity contribution in [2.75, 3.05) is 19.1 Å². The predicted molar refractivity (Wildman–Crippen MR) is 119 cm³/mol. The molecule has 13 nitrogen and oxygen atoms in total. The predicted octanol–water partition coefficient (Wildman–Crippen LogP) is 0.808. The highest BCUT2D eigenvalue weighted by Gasteiger charge is 2.39. The number of carbonyl (C=O) groups is 4. The number of sulfone groups is 1. The molecule has 0 aromatic heterocycles. The minimum Gasteiger partial charge on any atom is -0.480 e. The van der Waals surface area contributed by atoms with Crippen molar-refractivity contribution in [3.63, 3.8) is 0 Å². The van der Waals surface area contributed by atoms with Crippen LogP contribution in [-0.2, 0) is 28.8 Å². The van der Waals surface area contributed by atoms with E-state index in [1.165, 1.54) is 6.66 Å². The topological polar surface area (TPSA) is 229 Å². The summed E-state index contributed by atoms with van der Waals surface area (Å²) in [6.45, 7) is 1.18. The largest absolute Gasteiger partial charge is 0.480 e. The molecule has 188 valence electrons. The van der Waals surface area contributed by atoms with E-state index >= 15 is 0 Å². The fraction of sp³-hybridized carbons (Fsp3) is 0.474. The highest BCUT2D eigenvalue weighted by atomic mass is 32.2. The monoisotopic (exact) mass is 520 g/mol. The van der Waals surface area contributed by atoms with Gasteiger partial charge in [-0.15, -0.1) is 0 Å². The molecule has 0 spiro atoms. The van der Waals surface area contributed by atoms with Gasteiger partial charge in [-0.2, -0.15) is 0 Å². The van der Waals surface area contributed by atoms with Crippen LogP contribution >= 0.6 is 7.37 Å². The van der Waals surface area contributed by atoms with Gasteiger partial charge in [-0.25, -0.2) is 8.42 Å². The smallest absolute Gasteiger partial charge is 0.320 e. The van der Waals surface area contributed by atoms with Crippen LogP contribution in [0.15, 0.2) is 23.1 Å². The first-order chi connectivity index (χ1) is 15.5. The Labute approximate surface area is 194 Å². The average molecular weight is 520 g/mol. The Kier molecular flexibility index (Phi) is 9.94. The van der Waals surface area contributed by atoms with Gasteiger partial charge in [-0.3, -0.25) is 33.9 Å². The van der Waals surface area contributed by atoms with Gasteiger partial charge in [-0.1, -0.05) is 0 Å². The molecule has 0 bridgehead atoms. The van der Waals surface area contributed by atoms with Crippen molar-refractivity contribution >= 4 is 46.2 Å². The molecule has 15 heteroatoms. The number of nitro groups is 1. The molecule has 34 heavy (non-hydrogen) atoms. The van der Waals surface area contributed by atoms with Crippen LogP contribution in [-0.4, -0.2) is 71.8 Å². The summed E-state index contributed by atoms with van der Waals surface area (Å²) in [7, 11) is -6.80. The van der Waals surface area contributed by atoms with Crippen molar-refractivity contribution in [1.82, 2.24) is 0 Å². The minimum atomic E-state index is -3.70. The number of benzene rings is 1. The van der Waals surface area contributed by atoms with E-state index in [-0.39, 0.29) is 30.3 Å². The second-order valence-corrected chi connectivity index (χ2v) is 12.4. The van der Waals surface area contributed by atoms with E-state index < -0.39 is 68.7 Å². The van der Waals surface area contributed by atoms with Crippen LogP contribution in [0.4, 0.5) is 5.69 Å². The van der Waals surface area contributed by atoms with Crippen LogP contribution in [0.1, 0.15) is 36.0 Å². The van der Waals surface area contributed by atoms with E-state index in [2.05, 4.69) is 0 Å². The normalized spacial score (nSPS) is 17.2. The Balaban J connectivity index is 0.000000445. The first-order valence-corrected chi connectivity index (χ1v) is 14.0. The van der Waals surface area contributed by atoms with E-state index in [0.717, 1.165) is 24.5 Å². The number of carbonyl (C=O) groups excluding carboxylic acids is 3. The van der Waals surface area contributed by atoms with Crippen molar-refractivity contribution < 1.29 is 47.1 Å². The summed E-state index contributed by atoms with van der Waals surface area (Å²) in [6, 6.07) is 1.76. The van der Waals surface area contributed by atoms with Crippen LogP contribution in [0.3, 0.4) is 0 Å². The van der Waals surface area contributed by atoms with Crippen molar-refractivity contribution in [2.24, 2.45) is 11.7 Å². The molecule has 4 N–H and O–H groups in total. The summed E-state index contributed by atoms with van der Waals surface area (Å²) in [5.41, 5.74) is 3.93. The molecule has 1 aliphatic carbocycles. The molecule has 0 radical (unpaired) electrons. The Morgan fingerprint density at radius 2 is 1.79 bits per heavy atom. The molecule has 1 aliphatic rings. The SMILES string of the molecule is CP(=O)(O)CCC(N)C(=O)O.CS(=O)(=O)c1ccc(C(=O)C2C(=O)CCCC2=O)c([N+](=O)[O-])c1. The van der Waals surface area contributed by atoms with Crippen molar-refractivity contribution in [1.29, 1.82) is 0 Å². The molecule has 0 heterocycles. The lowest BCUT2D eigenvalue weighted by Crippen LogP contribution is -2.35. The average Bonchev–Trinajstić information content (AvgIpc) is 2.70. The molecule has 1 saturated carbocycles. The van der Waals surface area contributed by atoms with Gasteiger partial charge in [0, 0.05) is 38.0 Å². The van der Waals surface area contributed by atoms with Gasteiger partial charge >= 0.3 is 5.97 Å². The maximum absolute atomic E-state index is 12.4. The lowest BCUT2D eigenvalue weighted by molar-refractivity contribution is -0.385. The van der Waals surface area contributed by atoms with Gasteiger partial charge in [0.15, 0.2) is 34.6 Å². The number of Topliss-reactive ketones (excluding diaryl/α,β-unsaturated/α-hetero) is 3. The van der Waals surface area contributed by atoms with Crippen LogP contribution in [0, 0.1) is 16.0 Å². The quantitative estimate of drug-likeness (QED) is 0.142. The lowest BCUT2D eigenvalue weighted by Gasteiger charge is -2.18. The Bertz CT molecular complexity index is 1140. The highest BCUT2D eigenvalue weighted by molar-refractivity contribution is 7.90. The van der Waals surface area contributed by atoms with Gasteiger partial charge in [0.2, 0.25) is 0 Å². The van der Waals surface area contributed by atoms with Crippen molar-refractivity contribution in [3.05, 3.63) is 33.9 Å². The van der Waals surface area contributed by atoms with Gasteiger partial charge in [-0.05, 0) is 25.0 Å². The second kappa shape index (κ2) is 11.6. The summed E-state index contributed by atoms with van der Waals surface area (Å²) in [4.78, 5) is 64.8. The first kappa shape index (κ1) is 29.2. The number of aliphatic carboxylic acids is 1. The number of hydrogen-bond acceptors (Lipinski definition) is 10. The number of carboxylic acid groups (broad SMARTS) is 1. The van der Waals surface area contributed by atoms with Crippen molar-refractivity contribution in [2.45, 2.75) is 36.6 Å². The Morgan fingerprint density at radius 1 is 1.26 bits per heavy atom. The number of carboxylic acids is 1. The number of ketones is 3. The molecule has 0 saturated heterocycles. The molecular weight excluding hydrogens is 495 g/mol. The Hall–Kier alpha value is -2.80. The number of rotatable bonds is 8. The zero-order valence-electron chi connectivity index (χ0n) is 18.4. The molecule has 2 atom stereocenters. The number of nitrogens with two attached hydrogens (primary N) is 1. The van der Waals surface area contributed by atoms with Crippen LogP contribution < -0.4 is 5.73 Å². The zero-order chi connectivity index (χ0) is 26.4. The van der Waals surface area contributed by atoms with E-state index in [0.29, 0.717) is 6.42 Å². The molecule has 2 unspecified atom stereocenters. The maximum Gasteiger partial charge on any atom is 0.320 e. The molecule has 0 amide bonds. The third kappa shape index (κ3) is 8.52. The van der Waals surface area contributed by atoms with E-state index in [4.69, 9.17) is 15.7 Å². The molecule has 2 rings (SSSR count). The van der Waals surface area contributed by atoms with Crippen LogP contribution in [0.5, 0.6) is 0 Å². The highest BCUT2D eigenvalue weighted by Crippen LogP contribution is 2.35. The number of nitrogens with zero attached hydrogens (tertiary/aromatic N) is 1. The molecular formula is C19H25N2O11PS. The third-order valence-electron chi connectivity index (χ3n) is 4.78. The molecule has 1 aromatic rings. The molecule has 1 aromatic carbocycles. The van der Waals surface area contributed by atoms with Gasteiger partial charge in [0.05, 0.1) is 15.4 Å². The van der Waals surface area contributed by atoms with Crippen LogP contribution in [0.25, 0.3) is 0 Å². The summed E-state index contributed by atoms with van der Waals surface area (Å²) in [5, 5.41) is 19.4. The minimum absolute atomic E-state index is 0.0412. The second-order valence-electron chi connectivity index (χ2n) is 7.80. The van der Waals surface area contributed by atoms with Crippen molar-refractivity contribution in [3.8, 4) is 0 Å². The first-order valence-electron chi connectivity index (χ1n) is 9.81.